The average molecular weight is 170 g/mol. The van der Waals surface area contributed by atoms with Crippen LogP contribution in [-0.4, -0.2) is 11.2 Å². The average Bonchev–Trinajstić information content (AvgIpc) is 2.04. The van der Waals surface area contributed by atoms with Gasteiger partial charge in [-0.3, -0.25) is 0 Å². The smallest absolute Gasteiger partial charge is 0.0512 e. The van der Waals surface area contributed by atoms with Crippen molar-refractivity contribution in [3.8, 4) is 0 Å². The van der Waals surface area contributed by atoms with Gasteiger partial charge in [-0.15, -0.1) is 0 Å². The molecule has 0 amide bonds. The van der Waals surface area contributed by atoms with Crippen LogP contribution in [0.1, 0.15) is 52.9 Å². The van der Waals surface area contributed by atoms with Crippen LogP contribution in [0.25, 0.3) is 0 Å². The molecule has 0 saturated carbocycles. The van der Waals surface area contributed by atoms with Crippen molar-refractivity contribution in [3.63, 3.8) is 0 Å². The molecular weight excluding hydrogens is 148 g/mol. The van der Waals surface area contributed by atoms with E-state index >= 15 is 0 Å². The minimum absolute atomic E-state index is 0.124. The monoisotopic (exact) mass is 170 g/mol. The highest BCUT2D eigenvalue weighted by atomic mass is 16.3. The Morgan fingerprint density at radius 2 is 2.08 bits per heavy atom. The van der Waals surface area contributed by atoms with Crippen LogP contribution in [0.4, 0.5) is 0 Å². The lowest BCUT2D eigenvalue weighted by Crippen LogP contribution is -1.98. The number of rotatable bonds is 6. The molecule has 72 valence electrons. The van der Waals surface area contributed by atoms with E-state index in [-0.39, 0.29) is 6.10 Å². The summed E-state index contributed by atoms with van der Waals surface area (Å²) in [4.78, 5) is 0. The Kier molecular flexibility index (Phi) is 7.17. The van der Waals surface area contributed by atoms with Gasteiger partial charge in [-0.2, -0.15) is 0 Å². The van der Waals surface area contributed by atoms with Gasteiger partial charge in [0.15, 0.2) is 0 Å². The van der Waals surface area contributed by atoms with Gasteiger partial charge in [-0.1, -0.05) is 25.0 Å². The highest BCUT2D eigenvalue weighted by Gasteiger charge is 1.96. The molecule has 12 heavy (non-hydrogen) atoms. The van der Waals surface area contributed by atoms with E-state index in [4.69, 9.17) is 5.11 Å². The molecule has 0 saturated heterocycles. The van der Waals surface area contributed by atoms with Crippen molar-refractivity contribution < 1.29 is 5.11 Å². The van der Waals surface area contributed by atoms with Gasteiger partial charge in [0.05, 0.1) is 6.10 Å². The Morgan fingerprint density at radius 3 is 2.50 bits per heavy atom. The molecule has 0 aliphatic heterocycles. The van der Waals surface area contributed by atoms with Crippen LogP contribution in [0.15, 0.2) is 11.6 Å². The fourth-order valence-corrected chi connectivity index (χ4v) is 1.32. The second-order valence-corrected chi connectivity index (χ2v) is 3.40. The van der Waals surface area contributed by atoms with Crippen molar-refractivity contribution in [2.45, 2.75) is 59.0 Å². The summed E-state index contributed by atoms with van der Waals surface area (Å²) >= 11 is 0. The van der Waals surface area contributed by atoms with E-state index in [9.17, 15) is 0 Å². The quantitative estimate of drug-likeness (QED) is 0.479. The van der Waals surface area contributed by atoms with Gasteiger partial charge in [-0.05, 0) is 39.5 Å². The van der Waals surface area contributed by atoms with Crippen molar-refractivity contribution in [3.05, 3.63) is 11.6 Å². The van der Waals surface area contributed by atoms with Crippen molar-refractivity contribution in [2.75, 3.05) is 0 Å². The maximum atomic E-state index is 9.02. The fraction of sp³-hybridized carbons (Fsp3) is 0.818. The maximum absolute atomic E-state index is 9.02. The summed E-state index contributed by atoms with van der Waals surface area (Å²) < 4.78 is 0. The second-order valence-electron chi connectivity index (χ2n) is 3.40. The summed E-state index contributed by atoms with van der Waals surface area (Å²) in [5.41, 5.74) is 1.54. The largest absolute Gasteiger partial charge is 0.393 e. The highest BCUT2D eigenvalue weighted by Crippen LogP contribution is 2.12. The summed E-state index contributed by atoms with van der Waals surface area (Å²) in [5.74, 6) is 0. The zero-order valence-corrected chi connectivity index (χ0v) is 8.64. The van der Waals surface area contributed by atoms with E-state index in [1.54, 1.807) is 5.57 Å². The van der Waals surface area contributed by atoms with Crippen LogP contribution in [0, 0.1) is 0 Å². The SMILES string of the molecule is CC=C(CC)CCCCC(C)O. The lowest BCUT2D eigenvalue weighted by Gasteiger charge is -2.05. The molecule has 0 aromatic heterocycles. The molecule has 1 unspecified atom stereocenters. The number of hydrogen-bond donors (Lipinski definition) is 1. The van der Waals surface area contributed by atoms with Gasteiger partial charge in [0.25, 0.3) is 0 Å². The molecule has 0 bridgehead atoms. The van der Waals surface area contributed by atoms with Gasteiger partial charge in [0, 0.05) is 0 Å². The Morgan fingerprint density at radius 1 is 1.42 bits per heavy atom. The molecule has 0 aliphatic carbocycles. The Hall–Kier alpha value is -0.300. The first-order chi connectivity index (χ1) is 5.70. The molecule has 1 nitrogen and oxygen atoms in total. The van der Waals surface area contributed by atoms with E-state index in [1.807, 2.05) is 6.92 Å². The molecule has 0 radical (unpaired) electrons. The molecule has 1 atom stereocenters. The van der Waals surface area contributed by atoms with E-state index < -0.39 is 0 Å². The lowest BCUT2D eigenvalue weighted by atomic mass is 10.0. The minimum Gasteiger partial charge on any atom is -0.393 e. The van der Waals surface area contributed by atoms with E-state index in [0.717, 1.165) is 12.8 Å². The van der Waals surface area contributed by atoms with Crippen LogP contribution < -0.4 is 0 Å². The highest BCUT2D eigenvalue weighted by molar-refractivity contribution is 4.98. The predicted octanol–water partition coefficient (Wildman–Crippen LogP) is 3.28. The third kappa shape index (κ3) is 6.41. The number of unbranched alkanes of at least 4 members (excludes halogenated alkanes) is 1. The van der Waals surface area contributed by atoms with Crippen LogP contribution >= 0.6 is 0 Å². The van der Waals surface area contributed by atoms with Crippen molar-refractivity contribution >= 4 is 0 Å². The number of aliphatic hydroxyl groups is 1. The molecule has 0 aliphatic rings. The minimum atomic E-state index is -0.124. The third-order valence-electron chi connectivity index (χ3n) is 2.23. The molecular formula is C11H22O. The number of aliphatic hydroxyl groups excluding tert-OH is 1. The molecule has 0 spiro atoms. The summed E-state index contributed by atoms with van der Waals surface area (Å²) in [6.45, 7) is 6.16. The fourth-order valence-electron chi connectivity index (χ4n) is 1.32. The van der Waals surface area contributed by atoms with Gasteiger partial charge >= 0.3 is 0 Å². The normalized spacial score (nSPS) is 14.8. The van der Waals surface area contributed by atoms with Crippen molar-refractivity contribution in [2.24, 2.45) is 0 Å². The summed E-state index contributed by atoms with van der Waals surface area (Å²) in [7, 11) is 0. The van der Waals surface area contributed by atoms with Crippen LogP contribution in [0.5, 0.6) is 0 Å². The second kappa shape index (κ2) is 7.35. The van der Waals surface area contributed by atoms with Gasteiger partial charge in [0.1, 0.15) is 0 Å². The topological polar surface area (TPSA) is 20.2 Å². The molecule has 1 N–H and O–H groups in total. The predicted molar refractivity (Wildman–Crippen MR) is 54.2 cm³/mol. The Bertz CT molecular complexity index is 125. The van der Waals surface area contributed by atoms with Crippen molar-refractivity contribution in [1.29, 1.82) is 0 Å². The van der Waals surface area contributed by atoms with Crippen LogP contribution in [-0.2, 0) is 0 Å². The Labute approximate surface area is 76.5 Å². The summed E-state index contributed by atoms with van der Waals surface area (Å²) in [6, 6.07) is 0. The van der Waals surface area contributed by atoms with Crippen LogP contribution in [0.3, 0.4) is 0 Å². The molecule has 0 aromatic rings. The number of allylic oxidation sites excluding steroid dienone is 2. The van der Waals surface area contributed by atoms with E-state index in [0.29, 0.717) is 0 Å². The lowest BCUT2D eigenvalue weighted by molar-refractivity contribution is 0.180. The third-order valence-corrected chi connectivity index (χ3v) is 2.23. The van der Waals surface area contributed by atoms with Gasteiger partial charge < -0.3 is 5.11 Å². The van der Waals surface area contributed by atoms with Crippen molar-refractivity contribution in [1.82, 2.24) is 0 Å². The molecule has 0 rings (SSSR count). The van der Waals surface area contributed by atoms with E-state index in [1.165, 1.54) is 19.3 Å². The van der Waals surface area contributed by atoms with Gasteiger partial charge in [0.2, 0.25) is 0 Å². The van der Waals surface area contributed by atoms with Crippen LogP contribution in [0.2, 0.25) is 0 Å². The molecule has 0 fully saturated rings. The first-order valence-corrected chi connectivity index (χ1v) is 5.02. The zero-order chi connectivity index (χ0) is 9.40. The summed E-state index contributed by atoms with van der Waals surface area (Å²) in [5, 5.41) is 9.02. The molecule has 0 heterocycles. The zero-order valence-electron chi connectivity index (χ0n) is 8.64. The standard InChI is InChI=1S/C11H22O/c1-4-11(5-2)9-7-6-8-10(3)12/h4,10,12H,5-9H2,1-3H3. The number of hydrogen-bond acceptors (Lipinski definition) is 1. The van der Waals surface area contributed by atoms with E-state index in [2.05, 4.69) is 19.9 Å². The first-order valence-electron chi connectivity index (χ1n) is 5.02. The van der Waals surface area contributed by atoms with Gasteiger partial charge in [-0.25, -0.2) is 0 Å². The molecule has 0 aromatic carbocycles. The Balaban J connectivity index is 3.30. The summed E-state index contributed by atoms with van der Waals surface area (Å²) in [6.07, 6.45) is 7.78. The maximum Gasteiger partial charge on any atom is 0.0512 e. The molecule has 1 heteroatoms. The first kappa shape index (κ1) is 11.7.